The number of piperidine rings is 1. The van der Waals surface area contributed by atoms with E-state index in [-0.39, 0.29) is 6.04 Å². The summed E-state index contributed by atoms with van der Waals surface area (Å²) in [5, 5.41) is 26.3. The van der Waals surface area contributed by atoms with Gasteiger partial charge in [-0.3, -0.25) is 9.53 Å². The summed E-state index contributed by atoms with van der Waals surface area (Å²) in [5.41, 5.74) is 0.970. The van der Waals surface area contributed by atoms with Crippen molar-refractivity contribution in [3.8, 4) is 5.75 Å². The number of hydrogen-bond donors (Lipinski definition) is 1. The summed E-state index contributed by atoms with van der Waals surface area (Å²) in [4.78, 5) is 2.70. The maximum atomic E-state index is 11.6. The lowest BCUT2D eigenvalue weighted by molar-refractivity contribution is -0.782. The number of fused-ring (bicyclic) bond motifs is 2. The quantitative estimate of drug-likeness (QED) is 0.802. The fourth-order valence-electron chi connectivity index (χ4n) is 3.72. The third-order valence-electron chi connectivity index (χ3n) is 5.00. The zero-order valence-corrected chi connectivity index (χ0v) is 13.4. The molecule has 0 amide bonds. The highest BCUT2D eigenvalue weighted by molar-refractivity contribution is 5.74. The Hall–Kier alpha value is -1.86. The van der Waals surface area contributed by atoms with Crippen molar-refractivity contribution < 1.29 is 19.4 Å². The summed E-state index contributed by atoms with van der Waals surface area (Å²) in [6, 6.07) is 3.31. The van der Waals surface area contributed by atoms with Crippen LogP contribution in [-0.4, -0.2) is 40.0 Å². The molecule has 0 aliphatic carbocycles. The van der Waals surface area contributed by atoms with E-state index in [1.54, 1.807) is 12.1 Å². The van der Waals surface area contributed by atoms with Crippen molar-refractivity contribution in [2.75, 3.05) is 13.1 Å². The topological polar surface area (TPSA) is 85.7 Å². The highest BCUT2D eigenvalue weighted by Gasteiger charge is 2.46. The van der Waals surface area contributed by atoms with E-state index >= 15 is 0 Å². The molecule has 2 aliphatic heterocycles. The number of nitrogens with zero attached hydrogens (tertiary/aromatic N) is 3. The van der Waals surface area contributed by atoms with Crippen LogP contribution in [0.5, 0.6) is 5.75 Å². The van der Waals surface area contributed by atoms with Crippen LogP contribution < -0.4 is 9.64 Å². The van der Waals surface area contributed by atoms with Gasteiger partial charge in [0.1, 0.15) is 17.5 Å². The van der Waals surface area contributed by atoms with Gasteiger partial charge in [0.2, 0.25) is 11.0 Å². The molecule has 2 aromatic rings. The molecule has 0 bridgehead atoms. The molecule has 0 saturated carbocycles. The number of aromatic nitrogens is 2. The summed E-state index contributed by atoms with van der Waals surface area (Å²) < 4.78 is 10.7. The SMILES string of the molecule is CC1(C)Oc2cc3c(cc2C(N2CCCCC2)C1O)no[n+]3[O-]. The molecule has 0 spiro atoms. The lowest BCUT2D eigenvalue weighted by atomic mass is 9.84. The van der Waals surface area contributed by atoms with Crippen molar-refractivity contribution in [2.24, 2.45) is 0 Å². The van der Waals surface area contributed by atoms with Crippen LogP contribution in [0.1, 0.15) is 44.7 Å². The Morgan fingerprint density at radius 2 is 2.04 bits per heavy atom. The number of aliphatic hydroxyl groups is 1. The van der Waals surface area contributed by atoms with Gasteiger partial charge in [-0.25, -0.2) is 0 Å². The maximum Gasteiger partial charge on any atom is 0.249 e. The molecular weight excluding hydrogens is 298 g/mol. The van der Waals surface area contributed by atoms with Crippen LogP contribution in [0.15, 0.2) is 16.8 Å². The molecule has 7 nitrogen and oxygen atoms in total. The summed E-state index contributed by atoms with van der Waals surface area (Å²) in [6.45, 7) is 5.66. The Morgan fingerprint density at radius 3 is 2.78 bits per heavy atom. The molecule has 23 heavy (non-hydrogen) atoms. The molecule has 1 N–H and O–H groups in total. The number of aliphatic hydroxyl groups excluding tert-OH is 1. The number of hydrogen-bond acceptors (Lipinski definition) is 6. The standard InChI is InChI=1S/C16H21N3O4/c1-16(2)15(20)14(18-6-4-3-5-7-18)10-8-11-12(9-13(10)22-16)19(21)23-17-11/h8-9,14-15,20H,3-7H2,1-2H3. The second kappa shape index (κ2) is 5.07. The van der Waals surface area contributed by atoms with E-state index in [1.165, 1.54) is 6.42 Å². The molecule has 0 radical (unpaired) electrons. The van der Waals surface area contributed by atoms with Gasteiger partial charge in [0.25, 0.3) is 0 Å². The molecule has 1 aromatic heterocycles. The summed E-state index contributed by atoms with van der Waals surface area (Å²) >= 11 is 0. The van der Waals surface area contributed by atoms with Gasteiger partial charge in [0.05, 0.1) is 6.04 Å². The third kappa shape index (κ3) is 2.26. The Labute approximate surface area is 134 Å². The normalized spacial score (nSPS) is 27.6. The number of ether oxygens (including phenoxy) is 1. The van der Waals surface area contributed by atoms with Gasteiger partial charge < -0.3 is 15.1 Å². The van der Waals surface area contributed by atoms with Crippen molar-refractivity contribution in [3.63, 3.8) is 0 Å². The summed E-state index contributed by atoms with van der Waals surface area (Å²) in [6.07, 6.45) is 2.83. The molecule has 2 aliphatic rings. The van der Waals surface area contributed by atoms with Gasteiger partial charge in [0, 0.05) is 22.9 Å². The van der Waals surface area contributed by atoms with E-state index in [0.29, 0.717) is 21.7 Å². The van der Waals surface area contributed by atoms with Crippen LogP contribution in [0.2, 0.25) is 0 Å². The van der Waals surface area contributed by atoms with E-state index in [2.05, 4.69) is 14.7 Å². The monoisotopic (exact) mass is 319 g/mol. The van der Waals surface area contributed by atoms with Gasteiger partial charge in [-0.2, -0.15) is 0 Å². The second-order valence-electron chi connectivity index (χ2n) is 7.00. The van der Waals surface area contributed by atoms with E-state index < -0.39 is 11.7 Å². The number of likely N-dealkylation sites (tertiary alicyclic amines) is 1. The molecule has 2 atom stereocenters. The Bertz CT molecular complexity index is 736. The molecule has 1 saturated heterocycles. The minimum atomic E-state index is -0.729. The van der Waals surface area contributed by atoms with E-state index in [9.17, 15) is 10.3 Å². The summed E-state index contributed by atoms with van der Waals surface area (Å²) in [5.74, 6) is 0.621. The van der Waals surface area contributed by atoms with Crippen LogP contribution in [0, 0.1) is 5.21 Å². The fraction of sp³-hybridized carbons (Fsp3) is 0.625. The average molecular weight is 319 g/mol. The third-order valence-corrected chi connectivity index (χ3v) is 5.00. The lowest BCUT2D eigenvalue weighted by Crippen LogP contribution is -2.54. The van der Waals surface area contributed by atoms with Crippen molar-refractivity contribution in [2.45, 2.75) is 50.9 Å². The van der Waals surface area contributed by atoms with Gasteiger partial charge in [-0.1, -0.05) is 6.42 Å². The van der Waals surface area contributed by atoms with Crippen molar-refractivity contribution in [1.82, 2.24) is 10.1 Å². The first-order valence-electron chi connectivity index (χ1n) is 8.12. The molecule has 3 heterocycles. The van der Waals surface area contributed by atoms with E-state index in [0.717, 1.165) is 31.5 Å². The summed E-state index contributed by atoms with van der Waals surface area (Å²) in [7, 11) is 0. The molecule has 124 valence electrons. The van der Waals surface area contributed by atoms with Crippen LogP contribution in [0.3, 0.4) is 0 Å². The van der Waals surface area contributed by atoms with Gasteiger partial charge in [-0.05, 0) is 44.7 Å². The Kier molecular flexibility index (Phi) is 3.24. The largest absolute Gasteiger partial charge is 0.485 e. The Balaban J connectivity index is 1.86. The zero-order valence-electron chi connectivity index (χ0n) is 13.4. The van der Waals surface area contributed by atoms with Gasteiger partial charge in [0.15, 0.2) is 0 Å². The Morgan fingerprint density at radius 1 is 1.30 bits per heavy atom. The van der Waals surface area contributed by atoms with Crippen molar-refractivity contribution in [1.29, 1.82) is 0 Å². The van der Waals surface area contributed by atoms with Crippen LogP contribution in [-0.2, 0) is 0 Å². The minimum Gasteiger partial charge on any atom is -0.485 e. The van der Waals surface area contributed by atoms with E-state index in [1.807, 2.05) is 13.8 Å². The molecule has 1 aromatic carbocycles. The minimum absolute atomic E-state index is 0.157. The van der Waals surface area contributed by atoms with Crippen molar-refractivity contribution in [3.05, 3.63) is 22.9 Å². The molecular formula is C16H21N3O4. The molecule has 1 fully saturated rings. The van der Waals surface area contributed by atoms with Gasteiger partial charge >= 0.3 is 0 Å². The van der Waals surface area contributed by atoms with Gasteiger partial charge in [-0.15, -0.1) is 0 Å². The first kappa shape index (κ1) is 14.7. The van der Waals surface area contributed by atoms with Crippen LogP contribution in [0.25, 0.3) is 11.0 Å². The molecule has 2 unspecified atom stereocenters. The molecule has 4 rings (SSSR count). The maximum absolute atomic E-state index is 11.6. The number of rotatable bonds is 1. The second-order valence-corrected chi connectivity index (χ2v) is 7.00. The predicted molar refractivity (Wildman–Crippen MR) is 81.8 cm³/mol. The van der Waals surface area contributed by atoms with Crippen LogP contribution in [0.4, 0.5) is 0 Å². The number of benzene rings is 1. The fourth-order valence-corrected chi connectivity index (χ4v) is 3.72. The smallest absolute Gasteiger partial charge is 0.249 e. The predicted octanol–water partition coefficient (Wildman–Crippen LogP) is 1.52. The highest BCUT2D eigenvalue weighted by atomic mass is 16.8. The molecule has 7 heteroatoms. The van der Waals surface area contributed by atoms with Crippen molar-refractivity contribution >= 4 is 11.0 Å². The van der Waals surface area contributed by atoms with Crippen LogP contribution >= 0.6 is 0 Å². The van der Waals surface area contributed by atoms with E-state index in [4.69, 9.17) is 4.74 Å². The lowest BCUT2D eigenvalue weighted by Gasteiger charge is -2.47. The first-order chi connectivity index (χ1) is 11.0. The highest BCUT2D eigenvalue weighted by Crippen LogP contribution is 2.44. The zero-order chi connectivity index (χ0) is 16.2. The first-order valence-corrected chi connectivity index (χ1v) is 8.12. The average Bonchev–Trinajstić information content (AvgIpc) is 2.88.